The van der Waals surface area contributed by atoms with Crippen LogP contribution in [0.3, 0.4) is 0 Å². The standard InChI is InChI=1S/C9H8Br2O2/c1-5-3-6(10)4-7(8(5)11)9(12)13-2/h3-4H,1-2H3. The average molecular weight is 308 g/mol. The van der Waals surface area contributed by atoms with Crippen LogP contribution in [0.15, 0.2) is 21.1 Å². The van der Waals surface area contributed by atoms with Gasteiger partial charge in [0.2, 0.25) is 0 Å². The van der Waals surface area contributed by atoms with E-state index in [0.29, 0.717) is 5.56 Å². The maximum absolute atomic E-state index is 11.3. The lowest BCUT2D eigenvalue weighted by molar-refractivity contribution is 0.0599. The Morgan fingerprint density at radius 1 is 1.38 bits per heavy atom. The SMILES string of the molecule is COC(=O)c1cc(Br)cc(C)c1Br. The van der Waals surface area contributed by atoms with Crippen LogP contribution in [0.2, 0.25) is 0 Å². The minimum Gasteiger partial charge on any atom is -0.465 e. The van der Waals surface area contributed by atoms with Crippen molar-refractivity contribution in [3.63, 3.8) is 0 Å². The predicted molar refractivity (Wildman–Crippen MR) is 57.9 cm³/mol. The summed E-state index contributed by atoms with van der Waals surface area (Å²) in [6.07, 6.45) is 0. The molecule has 0 saturated heterocycles. The number of rotatable bonds is 1. The first-order valence-corrected chi connectivity index (χ1v) is 5.19. The van der Waals surface area contributed by atoms with E-state index in [0.717, 1.165) is 14.5 Å². The van der Waals surface area contributed by atoms with E-state index in [9.17, 15) is 4.79 Å². The number of esters is 1. The third-order valence-corrected chi connectivity index (χ3v) is 3.14. The van der Waals surface area contributed by atoms with Crippen molar-refractivity contribution in [3.05, 3.63) is 32.2 Å². The van der Waals surface area contributed by atoms with E-state index >= 15 is 0 Å². The Morgan fingerprint density at radius 2 is 2.00 bits per heavy atom. The summed E-state index contributed by atoms with van der Waals surface area (Å²) in [5, 5.41) is 0. The number of hydrogen-bond donors (Lipinski definition) is 0. The summed E-state index contributed by atoms with van der Waals surface area (Å²) in [4.78, 5) is 11.3. The van der Waals surface area contributed by atoms with Crippen LogP contribution >= 0.6 is 31.9 Å². The van der Waals surface area contributed by atoms with Crippen LogP contribution in [0.4, 0.5) is 0 Å². The first-order valence-electron chi connectivity index (χ1n) is 3.60. The quantitative estimate of drug-likeness (QED) is 0.744. The monoisotopic (exact) mass is 306 g/mol. The van der Waals surface area contributed by atoms with Crippen molar-refractivity contribution in [2.24, 2.45) is 0 Å². The molecule has 0 saturated carbocycles. The molecular weight excluding hydrogens is 300 g/mol. The molecule has 1 aromatic rings. The van der Waals surface area contributed by atoms with Crippen LogP contribution in [0, 0.1) is 6.92 Å². The van der Waals surface area contributed by atoms with Crippen molar-refractivity contribution in [3.8, 4) is 0 Å². The maximum Gasteiger partial charge on any atom is 0.339 e. The van der Waals surface area contributed by atoms with Crippen LogP contribution in [0.25, 0.3) is 0 Å². The third-order valence-electron chi connectivity index (χ3n) is 1.62. The van der Waals surface area contributed by atoms with Gasteiger partial charge in [-0.1, -0.05) is 15.9 Å². The molecule has 0 aliphatic heterocycles. The zero-order valence-electron chi connectivity index (χ0n) is 7.23. The molecule has 0 atom stereocenters. The molecule has 0 aromatic heterocycles. The highest BCUT2D eigenvalue weighted by atomic mass is 79.9. The summed E-state index contributed by atoms with van der Waals surface area (Å²) in [5.74, 6) is -0.337. The molecule has 0 unspecified atom stereocenters. The number of carbonyl (C=O) groups is 1. The minimum atomic E-state index is -0.337. The number of methoxy groups -OCH3 is 1. The van der Waals surface area contributed by atoms with Gasteiger partial charge in [-0.3, -0.25) is 0 Å². The van der Waals surface area contributed by atoms with Crippen molar-refractivity contribution >= 4 is 37.8 Å². The molecule has 0 bridgehead atoms. The number of benzene rings is 1. The molecule has 0 aliphatic rings. The number of hydrogen-bond acceptors (Lipinski definition) is 2. The average Bonchev–Trinajstić information content (AvgIpc) is 2.10. The number of ether oxygens (including phenoxy) is 1. The molecule has 0 heterocycles. The Kier molecular flexibility index (Phi) is 3.50. The van der Waals surface area contributed by atoms with Gasteiger partial charge in [0.05, 0.1) is 12.7 Å². The molecule has 0 N–H and O–H groups in total. The van der Waals surface area contributed by atoms with E-state index in [1.165, 1.54) is 7.11 Å². The van der Waals surface area contributed by atoms with Gasteiger partial charge < -0.3 is 4.74 Å². The largest absolute Gasteiger partial charge is 0.465 e. The van der Waals surface area contributed by atoms with E-state index in [1.54, 1.807) is 6.07 Å². The van der Waals surface area contributed by atoms with Gasteiger partial charge in [0, 0.05) is 8.95 Å². The Morgan fingerprint density at radius 3 is 2.54 bits per heavy atom. The molecule has 13 heavy (non-hydrogen) atoms. The van der Waals surface area contributed by atoms with Crippen molar-refractivity contribution in [1.29, 1.82) is 0 Å². The highest BCUT2D eigenvalue weighted by molar-refractivity contribution is 9.11. The Balaban J connectivity index is 3.28. The van der Waals surface area contributed by atoms with Gasteiger partial charge in [-0.05, 0) is 40.5 Å². The van der Waals surface area contributed by atoms with Gasteiger partial charge in [0.25, 0.3) is 0 Å². The van der Waals surface area contributed by atoms with Gasteiger partial charge in [-0.2, -0.15) is 0 Å². The van der Waals surface area contributed by atoms with Crippen molar-refractivity contribution in [2.75, 3.05) is 7.11 Å². The number of carbonyl (C=O) groups excluding carboxylic acids is 1. The molecule has 0 spiro atoms. The highest BCUT2D eigenvalue weighted by Crippen LogP contribution is 2.26. The fraction of sp³-hybridized carbons (Fsp3) is 0.222. The summed E-state index contributed by atoms with van der Waals surface area (Å²) in [6, 6.07) is 3.65. The maximum atomic E-state index is 11.3. The second-order valence-corrected chi connectivity index (χ2v) is 4.28. The molecule has 2 nitrogen and oxygen atoms in total. The van der Waals surface area contributed by atoms with Gasteiger partial charge in [0.15, 0.2) is 0 Å². The molecular formula is C9H8Br2O2. The fourth-order valence-electron chi connectivity index (χ4n) is 0.984. The zero-order chi connectivity index (χ0) is 10.0. The molecule has 0 aliphatic carbocycles. The smallest absolute Gasteiger partial charge is 0.339 e. The Bertz CT molecular complexity index is 348. The van der Waals surface area contributed by atoms with Gasteiger partial charge >= 0.3 is 5.97 Å². The summed E-state index contributed by atoms with van der Waals surface area (Å²) in [6.45, 7) is 1.92. The topological polar surface area (TPSA) is 26.3 Å². The van der Waals surface area contributed by atoms with E-state index in [-0.39, 0.29) is 5.97 Å². The second kappa shape index (κ2) is 4.24. The van der Waals surface area contributed by atoms with E-state index in [2.05, 4.69) is 36.6 Å². The lowest BCUT2D eigenvalue weighted by Crippen LogP contribution is -2.03. The van der Waals surface area contributed by atoms with Crippen LogP contribution in [0.1, 0.15) is 15.9 Å². The lowest BCUT2D eigenvalue weighted by atomic mass is 10.1. The third kappa shape index (κ3) is 2.31. The Labute approximate surface area is 93.5 Å². The van der Waals surface area contributed by atoms with E-state index in [1.807, 2.05) is 13.0 Å². The van der Waals surface area contributed by atoms with Gasteiger partial charge in [0.1, 0.15) is 0 Å². The molecule has 0 fully saturated rings. The van der Waals surface area contributed by atoms with Crippen molar-refractivity contribution in [1.82, 2.24) is 0 Å². The highest BCUT2D eigenvalue weighted by Gasteiger charge is 2.12. The van der Waals surface area contributed by atoms with Crippen LogP contribution < -0.4 is 0 Å². The summed E-state index contributed by atoms with van der Waals surface area (Å²) in [5.41, 5.74) is 1.53. The Hall–Kier alpha value is -0.350. The molecule has 1 aromatic carbocycles. The predicted octanol–water partition coefficient (Wildman–Crippen LogP) is 3.31. The fourth-order valence-corrected chi connectivity index (χ4v) is 1.95. The zero-order valence-corrected chi connectivity index (χ0v) is 10.4. The van der Waals surface area contributed by atoms with Gasteiger partial charge in [-0.15, -0.1) is 0 Å². The molecule has 0 amide bonds. The lowest BCUT2D eigenvalue weighted by Gasteiger charge is -2.05. The summed E-state index contributed by atoms with van der Waals surface area (Å²) >= 11 is 6.65. The normalized spacial score (nSPS) is 9.85. The molecule has 70 valence electrons. The number of halogens is 2. The van der Waals surface area contributed by atoms with E-state index < -0.39 is 0 Å². The first kappa shape index (κ1) is 10.7. The second-order valence-electron chi connectivity index (χ2n) is 2.58. The summed E-state index contributed by atoms with van der Waals surface area (Å²) in [7, 11) is 1.37. The first-order chi connectivity index (χ1) is 6.06. The van der Waals surface area contributed by atoms with Crippen LogP contribution in [-0.2, 0) is 4.74 Å². The van der Waals surface area contributed by atoms with Crippen molar-refractivity contribution < 1.29 is 9.53 Å². The molecule has 0 radical (unpaired) electrons. The van der Waals surface area contributed by atoms with Gasteiger partial charge in [-0.25, -0.2) is 4.79 Å². The molecule has 1 rings (SSSR count). The molecule has 4 heteroatoms. The van der Waals surface area contributed by atoms with Crippen molar-refractivity contribution in [2.45, 2.75) is 6.92 Å². The van der Waals surface area contributed by atoms with Crippen LogP contribution in [0.5, 0.6) is 0 Å². The van der Waals surface area contributed by atoms with Crippen LogP contribution in [-0.4, -0.2) is 13.1 Å². The minimum absolute atomic E-state index is 0.337. The summed E-state index contributed by atoms with van der Waals surface area (Å²) < 4.78 is 6.29. The number of aryl methyl sites for hydroxylation is 1. The van der Waals surface area contributed by atoms with E-state index in [4.69, 9.17) is 0 Å².